The number of anilines is 1. The second kappa shape index (κ2) is 10.7. The first kappa shape index (κ1) is 23.8. The molecule has 2 aromatic carbocycles. The van der Waals surface area contributed by atoms with Gasteiger partial charge in [-0.15, -0.1) is 0 Å². The molecule has 180 valence electrons. The molecule has 1 atom stereocenters. The van der Waals surface area contributed by atoms with E-state index in [4.69, 9.17) is 9.47 Å². The first-order valence-corrected chi connectivity index (χ1v) is 12.0. The van der Waals surface area contributed by atoms with E-state index in [0.717, 1.165) is 37.7 Å². The van der Waals surface area contributed by atoms with Gasteiger partial charge in [-0.1, -0.05) is 43.5 Å². The molecule has 4 rings (SSSR count). The van der Waals surface area contributed by atoms with E-state index in [9.17, 15) is 14.4 Å². The van der Waals surface area contributed by atoms with Gasteiger partial charge in [-0.2, -0.15) is 0 Å². The summed E-state index contributed by atoms with van der Waals surface area (Å²) >= 11 is 0. The van der Waals surface area contributed by atoms with Gasteiger partial charge < -0.3 is 14.4 Å². The minimum absolute atomic E-state index is 0.0120. The van der Waals surface area contributed by atoms with Crippen LogP contribution in [0, 0.1) is 5.92 Å². The fourth-order valence-corrected chi connectivity index (χ4v) is 5.00. The number of carbonyl (C=O) groups excluding carboxylic acids is 3. The van der Waals surface area contributed by atoms with Gasteiger partial charge in [-0.25, -0.2) is 4.90 Å². The highest BCUT2D eigenvalue weighted by Crippen LogP contribution is 2.31. The predicted octanol–water partition coefficient (Wildman–Crippen LogP) is 3.99. The lowest BCUT2D eigenvalue weighted by molar-refractivity contribution is -0.142. The number of hydrogen-bond acceptors (Lipinski definition) is 5. The van der Waals surface area contributed by atoms with E-state index in [1.54, 1.807) is 43.4 Å². The van der Waals surface area contributed by atoms with Crippen LogP contribution in [-0.2, 0) is 20.8 Å². The molecule has 0 spiro atoms. The maximum Gasteiger partial charge on any atom is 0.257 e. The van der Waals surface area contributed by atoms with E-state index in [-0.39, 0.29) is 30.1 Å². The van der Waals surface area contributed by atoms with E-state index >= 15 is 0 Å². The molecule has 1 saturated carbocycles. The zero-order valence-electron chi connectivity index (χ0n) is 19.9. The molecule has 1 heterocycles. The summed E-state index contributed by atoms with van der Waals surface area (Å²) in [6.45, 7) is 0.358. The van der Waals surface area contributed by atoms with Crippen LogP contribution in [0.3, 0.4) is 0 Å². The fraction of sp³-hybridized carbons (Fsp3) is 0.444. The summed E-state index contributed by atoms with van der Waals surface area (Å²) in [4.78, 5) is 42.8. The highest BCUT2D eigenvalue weighted by atomic mass is 16.5. The van der Waals surface area contributed by atoms with E-state index in [2.05, 4.69) is 0 Å². The minimum atomic E-state index is -0.776. The van der Waals surface area contributed by atoms with Gasteiger partial charge in [0.05, 0.1) is 26.3 Å². The number of methoxy groups -OCH3 is 2. The highest BCUT2D eigenvalue weighted by molar-refractivity contribution is 6.23. The Hall–Kier alpha value is -3.35. The minimum Gasteiger partial charge on any atom is -0.493 e. The number of benzene rings is 2. The van der Waals surface area contributed by atoms with Gasteiger partial charge in [0.25, 0.3) is 5.91 Å². The van der Waals surface area contributed by atoms with Crippen molar-refractivity contribution in [2.24, 2.45) is 5.92 Å². The van der Waals surface area contributed by atoms with Crippen LogP contribution in [-0.4, -0.2) is 49.4 Å². The molecule has 3 amide bonds. The zero-order valence-corrected chi connectivity index (χ0v) is 19.9. The largest absolute Gasteiger partial charge is 0.493 e. The highest BCUT2D eigenvalue weighted by Gasteiger charge is 2.45. The topological polar surface area (TPSA) is 76.2 Å². The second-order valence-corrected chi connectivity index (χ2v) is 8.93. The summed E-state index contributed by atoms with van der Waals surface area (Å²) < 4.78 is 10.7. The zero-order chi connectivity index (χ0) is 24.1. The molecule has 2 aliphatic rings. The average Bonchev–Trinajstić information content (AvgIpc) is 3.18. The van der Waals surface area contributed by atoms with Gasteiger partial charge >= 0.3 is 0 Å². The van der Waals surface area contributed by atoms with Crippen LogP contribution in [0.2, 0.25) is 0 Å². The Bertz CT molecular complexity index is 1030. The number of carbonyl (C=O) groups is 3. The van der Waals surface area contributed by atoms with Crippen molar-refractivity contribution in [3.63, 3.8) is 0 Å². The van der Waals surface area contributed by atoms with Crippen LogP contribution in [0.1, 0.15) is 44.1 Å². The van der Waals surface area contributed by atoms with E-state index in [0.29, 0.717) is 30.2 Å². The Morgan fingerprint density at radius 1 is 0.971 bits per heavy atom. The quantitative estimate of drug-likeness (QED) is 0.552. The molecule has 0 radical (unpaired) electrons. The van der Waals surface area contributed by atoms with Crippen molar-refractivity contribution in [1.29, 1.82) is 0 Å². The van der Waals surface area contributed by atoms with Crippen LogP contribution in [0.5, 0.6) is 11.5 Å². The molecule has 1 aliphatic carbocycles. The molecule has 1 unspecified atom stereocenters. The molecule has 2 aromatic rings. The van der Waals surface area contributed by atoms with E-state index in [1.165, 1.54) is 4.90 Å². The lowest BCUT2D eigenvalue weighted by atomic mass is 9.87. The molecule has 0 N–H and O–H groups in total. The Morgan fingerprint density at radius 3 is 2.35 bits per heavy atom. The fourth-order valence-electron chi connectivity index (χ4n) is 5.00. The van der Waals surface area contributed by atoms with Crippen LogP contribution in [0.4, 0.5) is 5.69 Å². The third kappa shape index (κ3) is 4.93. The van der Waals surface area contributed by atoms with Crippen molar-refractivity contribution in [3.8, 4) is 11.5 Å². The van der Waals surface area contributed by atoms with E-state index < -0.39 is 6.04 Å². The molecule has 2 fully saturated rings. The Balaban J connectivity index is 1.58. The molecule has 1 saturated heterocycles. The van der Waals surface area contributed by atoms with Crippen molar-refractivity contribution in [2.75, 3.05) is 25.7 Å². The lowest BCUT2D eigenvalue weighted by Gasteiger charge is -2.32. The van der Waals surface area contributed by atoms with Crippen molar-refractivity contribution in [3.05, 3.63) is 54.1 Å². The number of imide groups is 1. The molecule has 7 nitrogen and oxygen atoms in total. The monoisotopic (exact) mass is 464 g/mol. The lowest BCUT2D eigenvalue weighted by Crippen LogP contribution is -2.48. The summed E-state index contributed by atoms with van der Waals surface area (Å²) in [6, 6.07) is 13.8. The summed E-state index contributed by atoms with van der Waals surface area (Å²) in [6.07, 6.45) is 5.41. The Morgan fingerprint density at radius 2 is 1.68 bits per heavy atom. The van der Waals surface area contributed by atoms with Crippen molar-refractivity contribution < 1.29 is 23.9 Å². The normalized spacial score (nSPS) is 18.8. The smallest absolute Gasteiger partial charge is 0.257 e. The van der Waals surface area contributed by atoms with Gasteiger partial charge in [0.1, 0.15) is 6.04 Å². The SMILES string of the molecule is COc1ccc(CCN(C(=O)C2CCCCC2)C2CC(=O)N(c3ccccc3)C2=O)cc1OC. The van der Waals surface area contributed by atoms with Gasteiger partial charge in [-0.05, 0) is 49.1 Å². The van der Waals surface area contributed by atoms with Crippen LogP contribution in [0.25, 0.3) is 0 Å². The third-order valence-electron chi connectivity index (χ3n) is 6.84. The van der Waals surface area contributed by atoms with Crippen molar-refractivity contribution in [1.82, 2.24) is 4.90 Å². The van der Waals surface area contributed by atoms with Crippen LogP contribution >= 0.6 is 0 Å². The third-order valence-corrected chi connectivity index (χ3v) is 6.84. The maximum absolute atomic E-state index is 13.6. The summed E-state index contributed by atoms with van der Waals surface area (Å²) in [5.41, 5.74) is 1.51. The van der Waals surface area contributed by atoms with E-state index in [1.807, 2.05) is 24.3 Å². The van der Waals surface area contributed by atoms with Crippen LogP contribution < -0.4 is 14.4 Å². The summed E-state index contributed by atoms with van der Waals surface area (Å²) in [5, 5.41) is 0. The number of hydrogen-bond donors (Lipinski definition) is 0. The molecule has 34 heavy (non-hydrogen) atoms. The van der Waals surface area contributed by atoms with Crippen LogP contribution in [0.15, 0.2) is 48.5 Å². The number of amides is 3. The molecule has 0 bridgehead atoms. The van der Waals surface area contributed by atoms with Gasteiger partial charge in [0.15, 0.2) is 11.5 Å². The molecular weight excluding hydrogens is 432 g/mol. The molecular formula is C27H32N2O5. The first-order chi connectivity index (χ1) is 16.5. The number of para-hydroxylation sites is 1. The van der Waals surface area contributed by atoms with Crippen molar-refractivity contribution in [2.45, 2.75) is 51.0 Å². The maximum atomic E-state index is 13.6. The average molecular weight is 465 g/mol. The summed E-state index contributed by atoms with van der Waals surface area (Å²) in [7, 11) is 3.17. The summed E-state index contributed by atoms with van der Waals surface area (Å²) in [5.74, 6) is 0.555. The molecule has 0 aromatic heterocycles. The standard InChI is InChI=1S/C27H32N2O5/c1-33-23-14-13-19(17-24(23)34-2)15-16-28(26(31)20-9-5-3-6-10-20)22-18-25(30)29(27(22)32)21-11-7-4-8-12-21/h4,7-8,11-14,17,20,22H,3,5-6,9-10,15-16,18H2,1-2H3. The first-order valence-electron chi connectivity index (χ1n) is 12.0. The van der Waals surface area contributed by atoms with Gasteiger partial charge in [-0.3, -0.25) is 14.4 Å². The molecule has 1 aliphatic heterocycles. The van der Waals surface area contributed by atoms with Gasteiger partial charge in [0.2, 0.25) is 11.8 Å². The number of ether oxygens (including phenoxy) is 2. The molecule has 7 heteroatoms. The van der Waals surface area contributed by atoms with Gasteiger partial charge in [0, 0.05) is 12.5 Å². The predicted molar refractivity (Wildman–Crippen MR) is 129 cm³/mol. The Kier molecular flexibility index (Phi) is 7.50. The number of rotatable bonds is 8. The second-order valence-electron chi connectivity index (χ2n) is 8.93. The van der Waals surface area contributed by atoms with Crippen molar-refractivity contribution >= 4 is 23.4 Å². The number of nitrogens with zero attached hydrogens (tertiary/aromatic N) is 2. The Labute approximate surface area is 200 Å².